The summed E-state index contributed by atoms with van der Waals surface area (Å²) in [6.07, 6.45) is 6.77. The van der Waals surface area contributed by atoms with Crippen LogP contribution in [0.1, 0.15) is 54.9 Å². The highest BCUT2D eigenvalue weighted by Gasteiger charge is 2.31. The van der Waals surface area contributed by atoms with Gasteiger partial charge in [0.15, 0.2) is 0 Å². The van der Waals surface area contributed by atoms with Crippen LogP contribution in [0.3, 0.4) is 0 Å². The molecule has 0 spiro atoms. The fourth-order valence-electron chi connectivity index (χ4n) is 3.34. The average molecular weight is 258 g/mol. The van der Waals surface area contributed by atoms with Crippen molar-refractivity contribution in [2.45, 2.75) is 51.0 Å². The fraction of sp³-hybridized carbons (Fsp3) is 0.562. The number of nitrogens with one attached hydrogen (secondary N) is 2. The van der Waals surface area contributed by atoms with Crippen LogP contribution >= 0.6 is 0 Å². The second-order valence-electron chi connectivity index (χ2n) is 6.08. The molecule has 1 aliphatic carbocycles. The van der Waals surface area contributed by atoms with Crippen LogP contribution < -0.4 is 10.6 Å². The van der Waals surface area contributed by atoms with Gasteiger partial charge in [-0.15, -0.1) is 0 Å². The maximum Gasteiger partial charge on any atom is 0.252 e. The monoisotopic (exact) mass is 258 g/mol. The summed E-state index contributed by atoms with van der Waals surface area (Å²) in [5.74, 6) is 0.102. The minimum atomic E-state index is 0.00189. The van der Waals surface area contributed by atoms with Crippen molar-refractivity contribution < 1.29 is 4.79 Å². The number of hydrogen-bond donors (Lipinski definition) is 2. The van der Waals surface area contributed by atoms with Gasteiger partial charge in [0.1, 0.15) is 0 Å². The molecule has 1 aliphatic heterocycles. The molecule has 1 heterocycles. The van der Waals surface area contributed by atoms with Crippen LogP contribution in [0.25, 0.3) is 0 Å². The van der Waals surface area contributed by atoms with E-state index < -0.39 is 0 Å². The van der Waals surface area contributed by atoms with Crippen molar-refractivity contribution in [2.24, 2.45) is 0 Å². The molecule has 0 unspecified atom stereocenters. The predicted octanol–water partition coefficient (Wildman–Crippen LogP) is 3.11. The van der Waals surface area contributed by atoms with Gasteiger partial charge in [0, 0.05) is 23.3 Å². The molecule has 0 bridgehead atoms. The molecule has 1 fully saturated rings. The first-order valence-corrected chi connectivity index (χ1v) is 7.36. The third-order valence-electron chi connectivity index (χ3n) is 4.46. The van der Waals surface area contributed by atoms with E-state index in [4.69, 9.17) is 0 Å². The summed E-state index contributed by atoms with van der Waals surface area (Å²) in [5.41, 5.74) is 3.18. The van der Waals surface area contributed by atoms with Gasteiger partial charge in [-0.2, -0.15) is 0 Å². The summed E-state index contributed by atoms with van der Waals surface area (Å²) in [7, 11) is 0. The van der Waals surface area contributed by atoms with Crippen molar-refractivity contribution in [3.8, 4) is 0 Å². The number of carbonyl (C=O) groups excluding carboxylic acids is 1. The highest BCUT2D eigenvalue weighted by Crippen LogP contribution is 2.30. The number of anilines is 1. The summed E-state index contributed by atoms with van der Waals surface area (Å²) in [5, 5.41) is 6.64. The van der Waals surface area contributed by atoms with E-state index in [1.807, 2.05) is 12.1 Å². The molecule has 0 atom stereocenters. The highest BCUT2D eigenvalue weighted by atomic mass is 16.1. The quantitative estimate of drug-likeness (QED) is 0.855. The van der Waals surface area contributed by atoms with Crippen LogP contribution in [0.4, 0.5) is 5.69 Å². The molecule has 3 nitrogen and oxygen atoms in total. The van der Waals surface area contributed by atoms with Crippen LogP contribution in [-0.2, 0) is 6.42 Å². The Morgan fingerprint density at radius 2 is 2.05 bits per heavy atom. The Hall–Kier alpha value is -1.51. The second kappa shape index (κ2) is 4.87. The van der Waals surface area contributed by atoms with E-state index >= 15 is 0 Å². The van der Waals surface area contributed by atoms with Gasteiger partial charge in [-0.05, 0) is 50.3 Å². The summed E-state index contributed by atoms with van der Waals surface area (Å²) in [4.78, 5) is 12.5. The molecule has 0 radical (unpaired) electrons. The Kier molecular flexibility index (Phi) is 3.21. The SMILES string of the molecule is CC1(NC(=O)c2cccc3c2CCCN3)CCCC1. The molecule has 2 N–H and O–H groups in total. The Morgan fingerprint density at radius 1 is 1.26 bits per heavy atom. The number of carbonyl (C=O) groups is 1. The van der Waals surface area contributed by atoms with Crippen molar-refractivity contribution >= 4 is 11.6 Å². The normalized spacial score (nSPS) is 20.5. The van der Waals surface area contributed by atoms with Gasteiger partial charge >= 0.3 is 0 Å². The van der Waals surface area contributed by atoms with Gasteiger partial charge in [0.05, 0.1) is 0 Å². The zero-order chi connectivity index (χ0) is 13.3. The molecule has 3 rings (SSSR count). The maximum absolute atomic E-state index is 12.5. The van der Waals surface area contributed by atoms with Crippen LogP contribution in [0.5, 0.6) is 0 Å². The van der Waals surface area contributed by atoms with E-state index in [0.717, 1.165) is 43.5 Å². The molecular weight excluding hydrogens is 236 g/mol. The first-order valence-electron chi connectivity index (χ1n) is 7.36. The first kappa shape index (κ1) is 12.5. The molecule has 0 saturated heterocycles. The summed E-state index contributed by atoms with van der Waals surface area (Å²) < 4.78 is 0. The molecule has 19 heavy (non-hydrogen) atoms. The largest absolute Gasteiger partial charge is 0.385 e. The minimum Gasteiger partial charge on any atom is -0.385 e. The lowest BCUT2D eigenvalue weighted by Crippen LogP contribution is -2.44. The number of hydrogen-bond acceptors (Lipinski definition) is 2. The lowest BCUT2D eigenvalue weighted by molar-refractivity contribution is 0.0907. The molecule has 3 heteroatoms. The Balaban J connectivity index is 1.83. The van der Waals surface area contributed by atoms with Gasteiger partial charge in [0.2, 0.25) is 0 Å². The zero-order valence-electron chi connectivity index (χ0n) is 11.6. The van der Waals surface area contributed by atoms with Crippen molar-refractivity contribution in [3.63, 3.8) is 0 Å². The molecule has 1 saturated carbocycles. The van der Waals surface area contributed by atoms with Crippen molar-refractivity contribution in [1.82, 2.24) is 5.32 Å². The van der Waals surface area contributed by atoms with Gasteiger partial charge in [0.25, 0.3) is 5.91 Å². The molecule has 1 aromatic carbocycles. The lowest BCUT2D eigenvalue weighted by Gasteiger charge is -2.27. The van der Waals surface area contributed by atoms with Crippen LogP contribution in [-0.4, -0.2) is 18.0 Å². The number of fused-ring (bicyclic) bond motifs is 1. The molecule has 2 aliphatic rings. The maximum atomic E-state index is 12.5. The van der Waals surface area contributed by atoms with E-state index in [9.17, 15) is 4.79 Å². The Bertz CT molecular complexity index is 490. The summed E-state index contributed by atoms with van der Waals surface area (Å²) in [6, 6.07) is 6.01. The minimum absolute atomic E-state index is 0.00189. The topological polar surface area (TPSA) is 41.1 Å². The molecule has 1 amide bonds. The number of amides is 1. The van der Waals surface area contributed by atoms with E-state index in [-0.39, 0.29) is 11.4 Å². The summed E-state index contributed by atoms with van der Waals surface area (Å²) in [6.45, 7) is 3.18. The Morgan fingerprint density at radius 3 is 2.84 bits per heavy atom. The third-order valence-corrected chi connectivity index (χ3v) is 4.46. The zero-order valence-corrected chi connectivity index (χ0v) is 11.6. The molecule has 1 aromatic rings. The molecule has 102 valence electrons. The van der Waals surface area contributed by atoms with Crippen LogP contribution in [0.15, 0.2) is 18.2 Å². The predicted molar refractivity (Wildman–Crippen MR) is 77.6 cm³/mol. The van der Waals surface area contributed by atoms with E-state index in [0.29, 0.717) is 0 Å². The van der Waals surface area contributed by atoms with E-state index in [2.05, 4.69) is 23.6 Å². The Labute approximate surface area is 114 Å². The van der Waals surface area contributed by atoms with Crippen LogP contribution in [0.2, 0.25) is 0 Å². The number of rotatable bonds is 2. The highest BCUT2D eigenvalue weighted by molar-refractivity contribution is 5.97. The van der Waals surface area contributed by atoms with Gasteiger partial charge in [-0.1, -0.05) is 18.9 Å². The van der Waals surface area contributed by atoms with Gasteiger partial charge in [-0.3, -0.25) is 4.79 Å². The van der Waals surface area contributed by atoms with Crippen molar-refractivity contribution in [1.29, 1.82) is 0 Å². The summed E-state index contributed by atoms with van der Waals surface area (Å²) >= 11 is 0. The second-order valence-corrected chi connectivity index (χ2v) is 6.08. The first-order chi connectivity index (χ1) is 9.18. The molecular formula is C16H22N2O. The standard InChI is InChI=1S/C16H22N2O/c1-16(9-2-3-10-16)18-15(19)13-6-4-8-14-12(13)7-5-11-17-14/h4,6,8,17H,2-3,5,7,9-11H2,1H3,(H,18,19). The smallest absolute Gasteiger partial charge is 0.252 e. The van der Waals surface area contributed by atoms with E-state index in [1.165, 1.54) is 18.4 Å². The van der Waals surface area contributed by atoms with Gasteiger partial charge < -0.3 is 10.6 Å². The van der Waals surface area contributed by atoms with Crippen molar-refractivity contribution in [2.75, 3.05) is 11.9 Å². The fourth-order valence-corrected chi connectivity index (χ4v) is 3.34. The lowest BCUT2D eigenvalue weighted by atomic mass is 9.95. The van der Waals surface area contributed by atoms with E-state index in [1.54, 1.807) is 0 Å². The number of benzene rings is 1. The van der Waals surface area contributed by atoms with Gasteiger partial charge in [-0.25, -0.2) is 0 Å². The third kappa shape index (κ3) is 2.46. The van der Waals surface area contributed by atoms with Crippen molar-refractivity contribution in [3.05, 3.63) is 29.3 Å². The van der Waals surface area contributed by atoms with Crippen LogP contribution in [0, 0.1) is 0 Å². The average Bonchev–Trinajstić information content (AvgIpc) is 2.84. The molecule has 0 aromatic heterocycles.